The van der Waals surface area contributed by atoms with E-state index in [0.717, 1.165) is 33.8 Å². The zero-order valence-corrected chi connectivity index (χ0v) is 19.1. The van der Waals surface area contributed by atoms with Crippen LogP contribution in [0.1, 0.15) is 22.3 Å². The number of phenols is 3. The summed E-state index contributed by atoms with van der Waals surface area (Å²) in [5.41, 5.74) is 5.40. The van der Waals surface area contributed by atoms with E-state index in [0.29, 0.717) is 17.1 Å². The molecule has 4 aromatic carbocycles. The molecule has 0 aromatic heterocycles. The molecule has 0 heterocycles. The zero-order valence-electron chi connectivity index (χ0n) is 19.1. The minimum Gasteiger partial charge on any atom is -0.508 e. The van der Waals surface area contributed by atoms with Crippen LogP contribution in [0.4, 0.5) is 17.1 Å². The van der Waals surface area contributed by atoms with Gasteiger partial charge in [0.25, 0.3) is 0 Å². The Labute approximate surface area is 193 Å². The molecule has 5 heteroatoms. The molecule has 0 saturated carbocycles. The molecule has 168 valence electrons. The summed E-state index contributed by atoms with van der Waals surface area (Å²) < 4.78 is 6.18. The first kappa shape index (κ1) is 22.1. The van der Waals surface area contributed by atoms with Gasteiger partial charge in [0.1, 0.15) is 28.7 Å². The summed E-state index contributed by atoms with van der Waals surface area (Å²) in [4.78, 5) is 1.94. The maximum atomic E-state index is 10.4. The van der Waals surface area contributed by atoms with Gasteiger partial charge in [-0.3, -0.25) is 0 Å². The normalized spacial score (nSPS) is 10.8. The van der Waals surface area contributed by atoms with E-state index in [-0.39, 0.29) is 17.2 Å². The van der Waals surface area contributed by atoms with Gasteiger partial charge in [0.05, 0.1) is 0 Å². The highest BCUT2D eigenvalue weighted by atomic mass is 16.5. The zero-order chi connectivity index (χ0) is 23.7. The third kappa shape index (κ3) is 4.44. The van der Waals surface area contributed by atoms with Gasteiger partial charge in [-0.2, -0.15) is 0 Å². The standard InChI is InChI=1S/C28H27NO4/c1-17-8-11-22(15-26(17)31)29(23-12-9-18(2)27(32)16-23)21-6-5-7-24(14-21)33-28-19(3)10-13-25(30)20(28)4/h5-16,30-32H,1-4H3. The first-order valence-corrected chi connectivity index (χ1v) is 10.7. The molecule has 0 aliphatic heterocycles. The van der Waals surface area contributed by atoms with Crippen molar-refractivity contribution in [3.63, 3.8) is 0 Å². The smallest absolute Gasteiger partial charge is 0.136 e. The van der Waals surface area contributed by atoms with Gasteiger partial charge in [0.2, 0.25) is 0 Å². The van der Waals surface area contributed by atoms with Crippen LogP contribution in [0.25, 0.3) is 0 Å². The monoisotopic (exact) mass is 441 g/mol. The molecule has 33 heavy (non-hydrogen) atoms. The Balaban J connectivity index is 1.82. The molecular formula is C28H27NO4. The lowest BCUT2D eigenvalue weighted by Gasteiger charge is -2.26. The lowest BCUT2D eigenvalue weighted by atomic mass is 10.1. The minimum atomic E-state index is 0.179. The molecule has 0 aliphatic rings. The molecule has 0 bridgehead atoms. The van der Waals surface area contributed by atoms with Crippen molar-refractivity contribution in [2.45, 2.75) is 27.7 Å². The van der Waals surface area contributed by atoms with Crippen molar-refractivity contribution < 1.29 is 20.1 Å². The second-order valence-corrected chi connectivity index (χ2v) is 8.23. The van der Waals surface area contributed by atoms with E-state index in [1.807, 2.05) is 87.2 Å². The van der Waals surface area contributed by atoms with Crippen molar-refractivity contribution in [3.8, 4) is 28.7 Å². The molecule has 0 spiro atoms. The summed E-state index contributed by atoms with van der Waals surface area (Å²) in [5.74, 6) is 1.76. The lowest BCUT2D eigenvalue weighted by molar-refractivity contribution is 0.446. The molecule has 4 aromatic rings. The molecule has 0 aliphatic carbocycles. The van der Waals surface area contributed by atoms with Crippen molar-refractivity contribution in [1.29, 1.82) is 0 Å². The second kappa shape index (κ2) is 8.79. The van der Waals surface area contributed by atoms with Crippen molar-refractivity contribution in [2.24, 2.45) is 0 Å². The minimum absolute atomic E-state index is 0.179. The molecule has 0 fully saturated rings. The maximum absolute atomic E-state index is 10.4. The van der Waals surface area contributed by atoms with Crippen LogP contribution in [0.3, 0.4) is 0 Å². The van der Waals surface area contributed by atoms with Crippen molar-refractivity contribution in [2.75, 3.05) is 4.90 Å². The number of nitrogens with zero attached hydrogens (tertiary/aromatic N) is 1. The fourth-order valence-corrected chi connectivity index (χ4v) is 3.70. The van der Waals surface area contributed by atoms with Crippen molar-refractivity contribution >= 4 is 17.1 Å². The van der Waals surface area contributed by atoms with E-state index >= 15 is 0 Å². The van der Waals surface area contributed by atoms with Crippen LogP contribution in [-0.4, -0.2) is 15.3 Å². The van der Waals surface area contributed by atoms with Crippen LogP contribution in [0, 0.1) is 27.7 Å². The maximum Gasteiger partial charge on any atom is 0.136 e. The van der Waals surface area contributed by atoms with E-state index in [1.165, 1.54) is 0 Å². The van der Waals surface area contributed by atoms with Crippen LogP contribution in [-0.2, 0) is 0 Å². The van der Waals surface area contributed by atoms with Crippen LogP contribution in [0.5, 0.6) is 28.7 Å². The van der Waals surface area contributed by atoms with Gasteiger partial charge in [0, 0.05) is 40.8 Å². The highest BCUT2D eigenvalue weighted by Crippen LogP contribution is 2.41. The molecule has 5 nitrogen and oxygen atoms in total. The molecule has 3 N–H and O–H groups in total. The molecule has 0 unspecified atom stereocenters. The number of aryl methyl sites for hydroxylation is 3. The number of hydrogen-bond acceptors (Lipinski definition) is 5. The van der Waals surface area contributed by atoms with Gasteiger partial charge in [0.15, 0.2) is 0 Å². The Morgan fingerprint density at radius 2 is 1.12 bits per heavy atom. The first-order chi connectivity index (χ1) is 15.7. The van der Waals surface area contributed by atoms with Gasteiger partial charge in [-0.25, -0.2) is 0 Å². The number of phenolic OH excluding ortho intramolecular Hbond substituents is 3. The van der Waals surface area contributed by atoms with Crippen LogP contribution in [0.15, 0.2) is 72.8 Å². The van der Waals surface area contributed by atoms with Crippen LogP contribution in [0.2, 0.25) is 0 Å². The average Bonchev–Trinajstić information content (AvgIpc) is 2.79. The van der Waals surface area contributed by atoms with Crippen molar-refractivity contribution in [3.05, 3.63) is 95.1 Å². The van der Waals surface area contributed by atoms with E-state index in [4.69, 9.17) is 4.74 Å². The summed E-state index contributed by atoms with van der Waals surface area (Å²) in [7, 11) is 0. The first-order valence-electron chi connectivity index (χ1n) is 10.7. The predicted octanol–water partition coefficient (Wildman–Crippen LogP) is 7.30. The SMILES string of the molecule is Cc1ccc(N(c2cccc(Oc3c(C)ccc(O)c3C)c2)c2ccc(C)c(O)c2)cc1O. The van der Waals surface area contributed by atoms with Gasteiger partial charge < -0.3 is 25.0 Å². The highest BCUT2D eigenvalue weighted by Gasteiger charge is 2.17. The molecule has 4 rings (SSSR count). The fourth-order valence-electron chi connectivity index (χ4n) is 3.70. The Bertz CT molecular complexity index is 1280. The summed E-state index contributed by atoms with van der Waals surface area (Å²) in [6, 6.07) is 22.0. The van der Waals surface area contributed by atoms with Crippen LogP contribution >= 0.6 is 0 Å². The third-order valence-corrected chi connectivity index (χ3v) is 5.77. The lowest BCUT2D eigenvalue weighted by Crippen LogP contribution is -2.10. The number of benzene rings is 4. The fraction of sp³-hybridized carbons (Fsp3) is 0.143. The predicted molar refractivity (Wildman–Crippen MR) is 132 cm³/mol. The summed E-state index contributed by atoms with van der Waals surface area (Å²) in [6.45, 7) is 7.44. The largest absolute Gasteiger partial charge is 0.508 e. The van der Waals surface area contributed by atoms with Gasteiger partial charge in [-0.15, -0.1) is 0 Å². The summed E-state index contributed by atoms with van der Waals surface area (Å²) >= 11 is 0. The third-order valence-electron chi connectivity index (χ3n) is 5.77. The summed E-state index contributed by atoms with van der Waals surface area (Å²) in [6.07, 6.45) is 0. The Morgan fingerprint density at radius 1 is 0.576 bits per heavy atom. The molecule has 0 amide bonds. The molecule has 0 atom stereocenters. The van der Waals surface area contributed by atoms with E-state index in [2.05, 4.69) is 0 Å². The molecular weight excluding hydrogens is 414 g/mol. The van der Waals surface area contributed by atoms with Gasteiger partial charge >= 0.3 is 0 Å². The van der Waals surface area contributed by atoms with E-state index < -0.39 is 0 Å². The van der Waals surface area contributed by atoms with E-state index in [1.54, 1.807) is 18.2 Å². The topological polar surface area (TPSA) is 73.2 Å². The van der Waals surface area contributed by atoms with Gasteiger partial charge in [-0.05, 0) is 74.7 Å². The number of rotatable bonds is 5. The molecule has 0 radical (unpaired) electrons. The van der Waals surface area contributed by atoms with Crippen molar-refractivity contribution in [1.82, 2.24) is 0 Å². The Kier molecular flexibility index (Phi) is 5.88. The molecule has 0 saturated heterocycles. The number of aromatic hydroxyl groups is 3. The number of anilines is 3. The number of ether oxygens (including phenoxy) is 1. The Hall–Kier alpha value is -4.12. The Morgan fingerprint density at radius 3 is 1.70 bits per heavy atom. The quantitative estimate of drug-likeness (QED) is 0.303. The van der Waals surface area contributed by atoms with E-state index in [9.17, 15) is 15.3 Å². The van der Waals surface area contributed by atoms with Gasteiger partial charge in [-0.1, -0.05) is 24.3 Å². The highest BCUT2D eigenvalue weighted by molar-refractivity contribution is 5.79. The van der Waals surface area contributed by atoms with Crippen LogP contribution < -0.4 is 9.64 Å². The summed E-state index contributed by atoms with van der Waals surface area (Å²) in [5, 5.41) is 30.8. The second-order valence-electron chi connectivity index (χ2n) is 8.23. The average molecular weight is 442 g/mol. The number of hydrogen-bond donors (Lipinski definition) is 3.